The van der Waals surface area contributed by atoms with Crippen LogP contribution in [-0.2, 0) is 11.1 Å². The Kier molecular flexibility index (Phi) is 9.36. The van der Waals surface area contributed by atoms with Gasteiger partial charge in [0.2, 0.25) is 0 Å². The number of hydrogen-bond donors (Lipinski definition) is 2. The van der Waals surface area contributed by atoms with Crippen LogP contribution in [0.4, 0.5) is 4.79 Å². The number of aliphatic imine (C=N–C) groups is 1. The number of amides is 2. The van der Waals surface area contributed by atoms with Crippen molar-refractivity contribution in [2.24, 2.45) is 10.9 Å². The summed E-state index contributed by atoms with van der Waals surface area (Å²) >= 11 is 0. The van der Waals surface area contributed by atoms with Gasteiger partial charge in [-0.15, -0.1) is 0 Å². The summed E-state index contributed by atoms with van der Waals surface area (Å²) in [5.41, 5.74) is 0.648. The van der Waals surface area contributed by atoms with Gasteiger partial charge in [-0.05, 0) is 0 Å². The van der Waals surface area contributed by atoms with Crippen molar-refractivity contribution in [3.05, 3.63) is 35.9 Å². The molecular formula is C20H32BN3O3. The molecule has 2 atom stereocenters. The van der Waals surface area contributed by atoms with Gasteiger partial charge in [0.05, 0.1) is 0 Å². The van der Waals surface area contributed by atoms with Crippen LogP contribution in [0.1, 0.15) is 40.2 Å². The van der Waals surface area contributed by atoms with Crippen molar-refractivity contribution >= 4 is 19.3 Å². The number of urea groups is 1. The van der Waals surface area contributed by atoms with Crippen molar-refractivity contribution in [1.29, 1.82) is 0 Å². The summed E-state index contributed by atoms with van der Waals surface area (Å²) in [4.78, 5) is 18.5. The Bertz CT molecular complexity index is 615. The molecule has 1 rings (SSSR count). The van der Waals surface area contributed by atoms with Gasteiger partial charge in [-0.1, -0.05) is 0 Å². The average molecular weight is 373 g/mol. The molecule has 1 aromatic carbocycles. The summed E-state index contributed by atoms with van der Waals surface area (Å²) in [5, 5.41) is 13.7. The molecule has 0 saturated heterocycles. The van der Waals surface area contributed by atoms with E-state index in [1.807, 2.05) is 65.0 Å². The molecular weight excluding hydrogens is 341 g/mol. The summed E-state index contributed by atoms with van der Waals surface area (Å²) in [5.74, 6) is 0.258. The average Bonchev–Trinajstić information content (AvgIpc) is 2.56. The fraction of sp³-hybridized carbons (Fsp3) is 0.600. The second-order valence-corrected chi connectivity index (χ2v) is 8.24. The fourth-order valence-electron chi connectivity index (χ4n) is 2.72. The summed E-state index contributed by atoms with van der Waals surface area (Å²) in [6, 6.07) is 8.95. The molecule has 2 N–H and O–H groups in total. The van der Waals surface area contributed by atoms with E-state index in [0.29, 0.717) is 20.1 Å². The minimum absolute atomic E-state index is 0.147. The monoisotopic (exact) mass is 373 g/mol. The van der Waals surface area contributed by atoms with Gasteiger partial charge in [0.15, 0.2) is 0 Å². The predicted molar refractivity (Wildman–Crippen MR) is 110 cm³/mol. The number of nitrogens with zero attached hydrogens (tertiary/aromatic N) is 2. The van der Waals surface area contributed by atoms with Crippen LogP contribution in [0.5, 0.6) is 0 Å². The number of hydrogen-bond acceptors (Lipinski definition) is 4. The molecule has 2 amide bonds. The maximum absolute atomic E-state index is 12.6. The minimum atomic E-state index is -0.883. The third kappa shape index (κ3) is 9.47. The van der Waals surface area contributed by atoms with E-state index >= 15 is 0 Å². The molecule has 148 valence electrons. The summed E-state index contributed by atoms with van der Waals surface area (Å²) in [7, 11) is 0.600. The molecule has 0 aromatic heterocycles. The normalized spacial score (nSPS) is 14.0. The van der Waals surface area contributed by atoms with E-state index in [1.165, 1.54) is 6.11 Å². The van der Waals surface area contributed by atoms with E-state index in [-0.39, 0.29) is 24.0 Å². The van der Waals surface area contributed by atoms with Gasteiger partial charge in [0.1, 0.15) is 0 Å². The third-order valence-electron chi connectivity index (χ3n) is 3.83. The first-order valence-corrected chi connectivity index (χ1v) is 9.38. The Balaban J connectivity index is 2.92. The Labute approximate surface area is 163 Å². The summed E-state index contributed by atoms with van der Waals surface area (Å²) < 4.78 is 10.7. The van der Waals surface area contributed by atoms with Gasteiger partial charge >= 0.3 is 163 Å². The van der Waals surface area contributed by atoms with Crippen LogP contribution in [0.15, 0.2) is 35.3 Å². The van der Waals surface area contributed by atoms with Crippen LogP contribution in [0.3, 0.4) is 0 Å². The van der Waals surface area contributed by atoms with Crippen LogP contribution in [-0.4, -0.2) is 60.1 Å². The van der Waals surface area contributed by atoms with Crippen molar-refractivity contribution in [3.63, 3.8) is 0 Å². The molecule has 7 heteroatoms. The molecule has 0 heterocycles. The van der Waals surface area contributed by atoms with Crippen molar-refractivity contribution in [2.45, 2.75) is 58.7 Å². The molecule has 0 aliphatic rings. The zero-order valence-corrected chi connectivity index (χ0v) is 17.1. The summed E-state index contributed by atoms with van der Waals surface area (Å²) in [6.07, 6.45) is 0.771. The van der Waals surface area contributed by atoms with E-state index < -0.39 is 12.1 Å². The fourth-order valence-corrected chi connectivity index (χ4v) is 2.72. The number of benzene rings is 1. The number of aliphatic hydroxyl groups is 1. The van der Waals surface area contributed by atoms with E-state index in [1.54, 1.807) is 4.90 Å². The first kappa shape index (κ1) is 23.0. The van der Waals surface area contributed by atoms with E-state index in [0.717, 1.165) is 5.56 Å². The molecule has 0 saturated carbocycles. The number of aliphatic hydroxyl groups excluding tert-OH is 1. The van der Waals surface area contributed by atoms with Gasteiger partial charge in [-0.3, -0.25) is 0 Å². The van der Waals surface area contributed by atoms with E-state index in [4.69, 9.17) is 0 Å². The van der Waals surface area contributed by atoms with Gasteiger partial charge in [0.25, 0.3) is 0 Å². The van der Waals surface area contributed by atoms with Crippen molar-refractivity contribution in [1.82, 2.24) is 10.2 Å². The van der Waals surface area contributed by atoms with Crippen LogP contribution >= 0.6 is 0 Å². The van der Waals surface area contributed by atoms with E-state index in [2.05, 4.69) is 10.3 Å². The molecule has 0 radical (unpaired) electrons. The second-order valence-electron chi connectivity index (χ2n) is 8.24. The predicted octanol–water partition coefficient (Wildman–Crippen LogP) is 2.50. The third-order valence-corrected chi connectivity index (χ3v) is 3.83. The van der Waals surface area contributed by atoms with Crippen molar-refractivity contribution < 1.29 is 14.6 Å². The Morgan fingerprint density at radius 2 is 1.89 bits per heavy atom. The molecule has 0 aliphatic carbocycles. The zero-order valence-electron chi connectivity index (χ0n) is 17.1. The molecule has 1 aromatic rings. The first-order valence-electron chi connectivity index (χ1n) is 9.38. The standard InChI is InChI=1S/C20H32BN3O3/c1-15(2)12-24(19(26)23-20(3,4)5)13-18(25)17(22-14-21-27)11-16-9-7-6-8-10-16/h6-10,14-15,17-18,25H,11-13H2,1-5H3,(H,23,26)/t17-,18+/m0/s1. The summed E-state index contributed by atoms with van der Waals surface area (Å²) in [6.45, 7) is 10.5. The topological polar surface area (TPSA) is 82.0 Å². The molecule has 6 nitrogen and oxygen atoms in total. The quantitative estimate of drug-likeness (QED) is 0.515. The van der Waals surface area contributed by atoms with Gasteiger partial charge in [-0.25, -0.2) is 0 Å². The molecule has 27 heavy (non-hydrogen) atoms. The molecule has 0 fully saturated rings. The Hall–Kier alpha value is -2.02. The van der Waals surface area contributed by atoms with Crippen LogP contribution in [0.2, 0.25) is 0 Å². The van der Waals surface area contributed by atoms with Crippen LogP contribution in [0, 0.1) is 5.92 Å². The number of rotatable bonds is 9. The zero-order chi connectivity index (χ0) is 20.4. The SMILES string of the molecule is CC(C)CN(C[C@@H](O)[C@H](Cc1ccccc1)N=CB=O)C(=O)NC(C)(C)C. The number of nitrogens with one attached hydrogen (secondary N) is 1. The van der Waals surface area contributed by atoms with Crippen molar-refractivity contribution in [2.75, 3.05) is 13.1 Å². The molecule has 0 spiro atoms. The Morgan fingerprint density at radius 3 is 2.41 bits per heavy atom. The van der Waals surface area contributed by atoms with Gasteiger partial charge in [-0.2, -0.15) is 0 Å². The maximum atomic E-state index is 12.6. The first-order chi connectivity index (χ1) is 12.6. The second kappa shape index (κ2) is 11.0. The van der Waals surface area contributed by atoms with Gasteiger partial charge < -0.3 is 0 Å². The molecule has 0 unspecified atom stereocenters. The Morgan fingerprint density at radius 1 is 1.26 bits per heavy atom. The molecule has 0 bridgehead atoms. The van der Waals surface area contributed by atoms with E-state index in [9.17, 15) is 14.6 Å². The van der Waals surface area contributed by atoms with Crippen molar-refractivity contribution in [3.8, 4) is 0 Å². The van der Waals surface area contributed by atoms with Gasteiger partial charge in [0, 0.05) is 0 Å². The molecule has 0 aliphatic heterocycles. The van der Waals surface area contributed by atoms with Crippen LogP contribution < -0.4 is 5.32 Å². The van der Waals surface area contributed by atoms with Crippen LogP contribution in [0.25, 0.3) is 0 Å². The number of carbonyl (C=O) groups is 1. The number of carbonyl (C=O) groups excluding carboxylic acids is 1.